The third-order valence-electron chi connectivity index (χ3n) is 4.16. The van der Waals surface area contributed by atoms with Gasteiger partial charge in [-0.3, -0.25) is 4.98 Å². The molecule has 0 amide bonds. The van der Waals surface area contributed by atoms with Crippen LogP contribution in [-0.2, 0) is 10.0 Å². The molecule has 1 aliphatic rings. The normalized spacial score (nSPS) is 19.3. The van der Waals surface area contributed by atoms with E-state index in [1.54, 1.807) is 6.07 Å². The second kappa shape index (κ2) is 6.09. The summed E-state index contributed by atoms with van der Waals surface area (Å²) < 4.78 is 23.4. The zero-order valence-electron chi connectivity index (χ0n) is 12.6. The summed E-state index contributed by atoms with van der Waals surface area (Å²) >= 11 is 12.4. The first-order chi connectivity index (χ1) is 10.8. The van der Waals surface area contributed by atoms with Crippen molar-refractivity contribution in [3.63, 3.8) is 0 Å². The van der Waals surface area contributed by atoms with Gasteiger partial charge in [-0.05, 0) is 38.0 Å². The Morgan fingerprint density at radius 1 is 1.35 bits per heavy atom. The maximum atomic E-state index is 11.7. The number of anilines is 1. The Kier molecular flexibility index (Phi) is 4.44. The van der Waals surface area contributed by atoms with E-state index in [0.29, 0.717) is 28.5 Å². The standard InChI is InChI=1S/C15H17Cl2N3O2S/c1-9-7-13(11-4-5-12(16)14(17)15(11)19-9)20-6-2-3-10(8-20)23(18,21)22/h4-5,7,10H,2-3,6,8H2,1H3,(H2,18,21,22). The topological polar surface area (TPSA) is 76.3 Å². The van der Waals surface area contributed by atoms with Gasteiger partial charge in [0.1, 0.15) is 0 Å². The number of hydrogen-bond donors (Lipinski definition) is 1. The number of rotatable bonds is 2. The van der Waals surface area contributed by atoms with Crippen LogP contribution in [-0.4, -0.2) is 31.7 Å². The highest BCUT2D eigenvalue weighted by molar-refractivity contribution is 7.89. The van der Waals surface area contributed by atoms with Crippen molar-refractivity contribution in [3.05, 3.63) is 33.9 Å². The molecular weight excluding hydrogens is 357 g/mol. The van der Waals surface area contributed by atoms with Crippen molar-refractivity contribution in [1.29, 1.82) is 0 Å². The third kappa shape index (κ3) is 3.26. The molecule has 0 saturated carbocycles. The van der Waals surface area contributed by atoms with Gasteiger partial charge in [-0.1, -0.05) is 23.2 Å². The molecule has 1 aliphatic heterocycles. The Morgan fingerprint density at radius 3 is 2.78 bits per heavy atom. The zero-order chi connectivity index (χ0) is 16.8. The number of halogens is 2. The van der Waals surface area contributed by atoms with Gasteiger partial charge in [-0.2, -0.15) is 0 Å². The minimum absolute atomic E-state index is 0.373. The number of nitrogens with two attached hydrogens (primary N) is 1. The first kappa shape index (κ1) is 16.8. The van der Waals surface area contributed by atoms with Gasteiger partial charge in [-0.25, -0.2) is 13.6 Å². The summed E-state index contributed by atoms with van der Waals surface area (Å²) in [5, 5.41) is 6.50. The van der Waals surface area contributed by atoms with Crippen LogP contribution in [0.15, 0.2) is 18.2 Å². The summed E-state index contributed by atoms with van der Waals surface area (Å²) in [6, 6.07) is 5.54. The number of aromatic nitrogens is 1. The molecule has 2 aromatic rings. The number of sulfonamides is 1. The molecule has 1 unspecified atom stereocenters. The summed E-state index contributed by atoms with van der Waals surface area (Å²) in [7, 11) is -3.55. The van der Waals surface area contributed by atoms with Crippen LogP contribution in [0.1, 0.15) is 18.5 Å². The molecular formula is C15H17Cl2N3O2S. The molecule has 1 saturated heterocycles. The number of nitrogens with zero attached hydrogens (tertiary/aromatic N) is 2. The van der Waals surface area contributed by atoms with E-state index in [1.807, 2.05) is 24.0 Å². The molecule has 124 valence electrons. The molecule has 2 heterocycles. The van der Waals surface area contributed by atoms with Gasteiger partial charge in [0.05, 0.1) is 20.8 Å². The molecule has 5 nitrogen and oxygen atoms in total. The van der Waals surface area contributed by atoms with Gasteiger partial charge in [-0.15, -0.1) is 0 Å². The highest BCUT2D eigenvalue weighted by atomic mass is 35.5. The van der Waals surface area contributed by atoms with Crippen LogP contribution in [0, 0.1) is 6.92 Å². The number of benzene rings is 1. The predicted octanol–water partition coefficient (Wildman–Crippen LogP) is 3.11. The summed E-state index contributed by atoms with van der Waals surface area (Å²) in [6.45, 7) is 3.02. The summed E-state index contributed by atoms with van der Waals surface area (Å²) in [5.41, 5.74) is 2.35. The van der Waals surface area contributed by atoms with Crippen LogP contribution in [0.5, 0.6) is 0 Å². The number of pyridine rings is 1. The molecule has 0 bridgehead atoms. The van der Waals surface area contributed by atoms with Crippen molar-refractivity contribution in [2.75, 3.05) is 18.0 Å². The Hall–Kier alpha value is -1.08. The van der Waals surface area contributed by atoms with Crippen molar-refractivity contribution in [1.82, 2.24) is 4.98 Å². The van der Waals surface area contributed by atoms with Gasteiger partial charge in [0.15, 0.2) is 0 Å². The molecule has 1 fully saturated rings. The minimum Gasteiger partial charge on any atom is -0.370 e. The number of primary sulfonamides is 1. The fraction of sp³-hybridized carbons (Fsp3) is 0.400. The molecule has 1 aromatic heterocycles. The third-order valence-corrected chi connectivity index (χ3v) is 6.27. The maximum Gasteiger partial charge on any atom is 0.213 e. The number of piperidine rings is 1. The molecule has 3 rings (SSSR count). The molecule has 2 N–H and O–H groups in total. The Balaban J connectivity index is 2.11. The average molecular weight is 374 g/mol. The summed E-state index contributed by atoms with van der Waals surface area (Å²) in [6.07, 6.45) is 1.36. The van der Waals surface area contributed by atoms with Crippen molar-refractivity contribution >= 4 is 49.8 Å². The number of hydrogen-bond acceptors (Lipinski definition) is 4. The highest BCUT2D eigenvalue weighted by Gasteiger charge is 2.29. The first-order valence-corrected chi connectivity index (χ1v) is 9.66. The number of fused-ring (bicyclic) bond motifs is 1. The van der Waals surface area contributed by atoms with Crippen LogP contribution >= 0.6 is 23.2 Å². The van der Waals surface area contributed by atoms with Crippen LogP contribution in [0.25, 0.3) is 10.9 Å². The quantitative estimate of drug-likeness (QED) is 0.876. The van der Waals surface area contributed by atoms with E-state index in [0.717, 1.165) is 29.7 Å². The molecule has 0 radical (unpaired) electrons. The average Bonchev–Trinajstić information content (AvgIpc) is 2.50. The van der Waals surface area contributed by atoms with Crippen molar-refractivity contribution in [2.45, 2.75) is 25.0 Å². The van der Waals surface area contributed by atoms with Gasteiger partial charge in [0, 0.05) is 29.9 Å². The van der Waals surface area contributed by atoms with Crippen LogP contribution in [0.4, 0.5) is 5.69 Å². The lowest BCUT2D eigenvalue weighted by molar-refractivity contribution is 0.533. The monoisotopic (exact) mass is 373 g/mol. The highest BCUT2D eigenvalue weighted by Crippen LogP contribution is 2.36. The fourth-order valence-corrected chi connectivity index (χ4v) is 4.27. The predicted molar refractivity (Wildman–Crippen MR) is 94.8 cm³/mol. The van der Waals surface area contributed by atoms with Crippen LogP contribution in [0.2, 0.25) is 10.0 Å². The van der Waals surface area contributed by atoms with Crippen LogP contribution < -0.4 is 10.0 Å². The Labute approximate surface area is 145 Å². The second-order valence-electron chi connectivity index (χ2n) is 5.84. The second-order valence-corrected chi connectivity index (χ2v) is 8.47. The summed E-state index contributed by atoms with van der Waals surface area (Å²) in [5.74, 6) is 0. The summed E-state index contributed by atoms with van der Waals surface area (Å²) in [4.78, 5) is 6.51. The largest absolute Gasteiger partial charge is 0.370 e. The van der Waals surface area contributed by atoms with Gasteiger partial charge in [0.2, 0.25) is 10.0 Å². The van der Waals surface area contributed by atoms with E-state index in [1.165, 1.54) is 0 Å². The van der Waals surface area contributed by atoms with E-state index in [2.05, 4.69) is 4.98 Å². The Morgan fingerprint density at radius 2 is 2.09 bits per heavy atom. The SMILES string of the molecule is Cc1cc(N2CCCC(S(N)(=O)=O)C2)c2ccc(Cl)c(Cl)c2n1. The molecule has 1 atom stereocenters. The fourth-order valence-electron chi connectivity index (χ4n) is 3.03. The molecule has 1 aromatic carbocycles. The lowest BCUT2D eigenvalue weighted by Crippen LogP contribution is -2.44. The van der Waals surface area contributed by atoms with E-state index in [4.69, 9.17) is 28.3 Å². The first-order valence-electron chi connectivity index (χ1n) is 7.29. The van der Waals surface area contributed by atoms with E-state index in [9.17, 15) is 8.42 Å². The van der Waals surface area contributed by atoms with E-state index >= 15 is 0 Å². The van der Waals surface area contributed by atoms with Crippen LogP contribution in [0.3, 0.4) is 0 Å². The van der Waals surface area contributed by atoms with E-state index in [-0.39, 0.29) is 0 Å². The van der Waals surface area contributed by atoms with Crippen molar-refractivity contribution in [3.8, 4) is 0 Å². The smallest absolute Gasteiger partial charge is 0.213 e. The molecule has 0 spiro atoms. The Bertz CT molecular complexity index is 871. The lowest BCUT2D eigenvalue weighted by Gasteiger charge is -2.34. The molecule has 23 heavy (non-hydrogen) atoms. The molecule has 8 heteroatoms. The van der Waals surface area contributed by atoms with Gasteiger partial charge < -0.3 is 4.90 Å². The van der Waals surface area contributed by atoms with E-state index < -0.39 is 15.3 Å². The van der Waals surface area contributed by atoms with Crippen molar-refractivity contribution < 1.29 is 8.42 Å². The minimum atomic E-state index is -3.55. The zero-order valence-corrected chi connectivity index (χ0v) is 14.9. The van der Waals surface area contributed by atoms with Crippen molar-refractivity contribution in [2.24, 2.45) is 5.14 Å². The van der Waals surface area contributed by atoms with Gasteiger partial charge >= 0.3 is 0 Å². The number of aryl methyl sites for hydroxylation is 1. The maximum absolute atomic E-state index is 11.7. The lowest BCUT2D eigenvalue weighted by atomic mass is 10.1. The van der Waals surface area contributed by atoms with Gasteiger partial charge in [0.25, 0.3) is 0 Å². The molecule has 0 aliphatic carbocycles.